The summed E-state index contributed by atoms with van der Waals surface area (Å²) in [5, 5.41) is 28.1. The van der Waals surface area contributed by atoms with Crippen molar-refractivity contribution in [3.05, 3.63) is 39.7 Å². The van der Waals surface area contributed by atoms with Crippen LogP contribution in [-0.4, -0.2) is 24.3 Å². The zero-order valence-electron chi connectivity index (χ0n) is 11.8. The minimum atomic E-state index is -0.774. The number of hydrogen-bond acceptors (Lipinski definition) is 6. The van der Waals surface area contributed by atoms with E-state index in [1.165, 1.54) is 20.3 Å². The first-order valence-electron chi connectivity index (χ1n) is 6.09. The van der Waals surface area contributed by atoms with Crippen LogP contribution in [0.25, 0.3) is 11.1 Å². The van der Waals surface area contributed by atoms with Crippen LogP contribution < -0.4 is 15.0 Å². The van der Waals surface area contributed by atoms with Crippen molar-refractivity contribution in [1.82, 2.24) is 4.98 Å². The minimum absolute atomic E-state index is 0.0483. The lowest BCUT2D eigenvalue weighted by molar-refractivity contribution is 0.355. The zero-order valence-corrected chi connectivity index (χ0v) is 11.8. The van der Waals surface area contributed by atoms with Crippen LogP contribution >= 0.6 is 0 Å². The highest BCUT2D eigenvalue weighted by Crippen LogP contribution is 2.35. The molecule has 0 spiro atoms. The van der Waals surface area contributed by atoms with Crippen LogP contribution in [0.4, 0.5) is 0 Å². The van der Waals surface area contributed by atoms with E-state index in [1.54, 1.807) is 24.3 Å². The molecule has 0 bridgehead atoms. The van der Waals surface area contributed by atoms with E-state index < -0.39 is 11.4 Å². The summed E-state index contributed by atoms with van der Waals surface area (Å²) in [5.41, 5.74) is -0.798. The van der Waals surface area contributed by atoms with Gasteiger partial charge in [0.25, 0.3) is 5.56 Å². The monoisotopic (exact) mass is 297 g/mol. The first kappa shape index (κ1) is 14.9. The van der Waals surface area contributed by atoms with Crippen molar-refractivity contribution < 1.29 is 14.6 Å². The number of aromatic hydroxyl groups is 1. The molecule has 0 unspecified atom stereocenters. The fourth-order valence-corrected chi connectivity index (χ4v) is 2.09. The van der Waals surface area contributed by atoms with E-state index >= 15 is 0 Å². The number of pyridine rings is 1. The molecule has 2 rings (SSSR count). The van der Waals surface area contributed by atoms with Crippen LogP contribution in [-0.2, 0) is 0 Å². The van der Waals surface area contributed by atoms with E-state index in [9.17, 15) is 20.4 Å². The molecule has 0 aliphatic carbocycles. The van der Waals surface area contributed by atoms with Crippen LogP contribution in [0, 0.1) is 22.7 Å². The Labute approximate surface area is 125 Å². The van der Waals surface area contributed by atoms with Crippen molar-refractivity contribution in [1.29, 1.82) is 10.5 Å². The average molecular weight is 297 g/mol. The molecule has 2 N–H and O–H groups in total. The summed E-state index contributed by atoms with van der Waals surface area (Å²) in [6.45, 7) is 0. The number of rotatable bonds is 3. The number of nitriles is 2. The van der Waals surface area contributed by atoms with Gasteiger partial charge in [0.1, 0.15) is 23.3 Å². The number of nitrogens with zero attached hydrogens (tertiary/aromatic N) is 2. The number of aromatic nitrogens is 1. The Morgan fingerprint density at radius 1 is 1.09 bits per heavy atom. The van der Waals surface area contributed by atoms with Crippen LogP contribution in [0.3, 0.4) is 0 Å². The fraction of sp³-hybridized carbons (Fsp3) is 0.133. The highest BCUT2D eigenvalue weighted by molar-refractivity contribution is 5.79. The molecule has 1 heterocycles. The Hall–Kier alpha value is -3.45. The fourth-order valence-electron chi connectivity index (χ4n) is 2.09. The van der Waals surface area contributed by atoms with Gasteiger partial charge in [-0.15, -0.1) is 0 Å². The zero-order chi connectivity index (χ0) is 16.3. The van der Waals surface area contributed by atoms with Gasteiger partial charge in [-0.2, -0.15) is 10.5 Å². The smallest absolute Gasteiger partial charge is 0.269 e. The van der Waals surface area contributed by atoms with Gasteiger partial charge in [-0.05, 0) is 17.7 Å². The number of nitrogens with one attached hydrogen (secondary N) is 1. The van der Waals surface area contributed by atoms with E-state index in [1.807, 2.05) is 0 Å². The molecule has 1 aromatic heterocycles. The Balaban J connectivity index is 2.86. The van der Waals surface area contributed by atoms with Crippen molar-refractivity contribution >= 4 is 0 Å². The molecule has 7 heteroatoms. The predicted molar refractivity (Wildman–Crippen MR) is 76.7 cm³/mol. The predicted octanol–water partition coefficient (Wildman–Crippen LogP) is 1.51. The number of benzene rings is 1. The summed E-state index contributed by atoms with van der Waals surface area (Å²) in [7, 11) is 2.91. The van der Waals surface area contributed by atoms with Crippen LogP contribution in [0.5, 0.6) is 17.4 Å². The van der Waals surface area contributed by atoms with E-state index in [0.717, 1.165) is 0 Å². The number of methoxy groups -OCH3 is 2. The van der Waals surface area contributed by atoms with Crippen molar-refractivity contribution in [2.45, 2.75) is 0 Å². The van der Waals surface area contributed by atoms with Gasteiger partial charge in [-0.3, -0.25) is 9.78 Å². The molecular formula is C15H11N3O4. The van der Waals surface area contributed by atoms with E-state index in [-0.39, 0.29) is 16.7 Å². The third kappa shape index (κ3) is 2.32. The number of hydrogen-bond donors (Lipinski definition) is 2. The molecule has 22 heavy (non-hydrogen) atoms. The highest BCUT2D eigenvalue weighted by Gasteiger charge is 2.20. The molecule has 0 aliphatic rings. The lowest BCUT2D eigenvalue weighted by Gasteiger charge is -2.12. The molecule has 0 amide bonds. The SMILES string of the molecule is COc1ccc(-c2c(C#N)c(O)[nH]c(=O)c2C#N)cc1OC. The summed E-state index contributed by atoms with van der Waals surface area (Å²) in [4.78, 5) is 13.9. The third-order valence-corrected chi connectivity index (χ3v) is 3.09. The van der Waals surface area contributed by atoms with E-state index in [2.05, 4.69) is 4.98 Å². The highest BCUT2D eigenvalue weighted by atomic mass is 16.5. The quantitative estimate of drug-likeness (QED) is 0.886. The molecule has 0 fully saturated rings. The summed E-state index contributed by atoms with van der Waals surface area (Å²) in [6.07, 6.45) is 0. The van der Waals surface area contributed by atoms with E-state index in [0.29, 0.717) is 17.1 Å². The second kappa shape index (κ2) is 5.90. The third-order valence-electron chi connectivity index (χ3n) is 3.09. The van der Waals surface area contributed by atoms with Crippen molar-refractivity contribution in [3.63, 3.8) is 0 Å². The molecule has 0 saturated carbocycles. The minimum Gasteiger partial charge on any atom is -0.494 e. The topological polar surface area (TPSA) is 119 Å². The Kier molecular flexibility index (Phi) is 4.01. The first-order valence-corrected chi connectivity index (χ1v) is 6.09. The molecule has 0 radical (unpaired) electrons. The van der Waals surface area contributed by atoms with Crippen LogP contribution in [0.1, 0.15) is 11.1 Å². The van der Waals surface area contributed by atoms with Crippen LogP contribution in [0.15, 0.2) is 23.0 Å². The summed E-state index contributed by atoms with van der Waals surface area (Å²) >= 11 is 0. The maximum atomic E-state index is 11.8. The standard InChI is InChI=1S/C15H11N3O4/c1-21-11-4-3-8(5-12(11)22-2)13-9(6-16)14(19)18-15(20)10(13)7-17/h3-5H,1-2H3,(H2,18,19,20). The van der Waals surface area contributed by atoms with Crippen LogP contribution in [0.2, 0.25) is 0 Å². The molecule has 7 nitrogen and oxygen atoms in total. The number of H-pyrrole nitrogens is 1. The van der Waals surface area contributed by atoms with Gasteiger partial charge in [-0.1, -0.05) is 6.07 Å². The Morgan fingerprint density at radius 2 is 1.73 bits per heavy atom. The van der Waals surface area contributed by atoms with Gasteiger partial charge in [0, 0.05) is 5.56 Å². The normalized spacial score (nSPS) is 9.64. The summed E-state index contributed by atoms with van der Waals surface area (Å²) in [5.74, 6) is 0.237. The largest absolute Gasteiger partial charge is 0.494 e. The van der Waals surface area contributed by atoms with Gasteiger partial charge in [0.2, 0.25) is 5.88 Å². The van der Waals surface area contributed by atoms with Gasteiger partial charge in [0.15, 0.2) is 11.5 Å². The maximum Gasteiger partial charge on any atom is 0.269 e. The molecule has 110 valence electrons. The Bertz CT molecular complexity index is 872. The molecular weight excluding hydrogens is 286 g/mol. The van der Waals surface area contributed by atoms with Crippen molar-refractivity contribution in [2.24, 2.45) is 0 Å². The molecule has 1 aromatic carbocycles. The first-order chi connectivity index (χ1) is 10.6. The van der Waals surface area contributed by atoms with Gasteiger partial charge in [0.05, 0.1) is 14.2 Å². The summed E-state index contributed by atoms with van der Waals surface area (Å²) < 4.78 is 10.3. The van der Waals surface area contributed by atoms with Gasteiger partial charge in [-0.25, -0.2) is 0 Å². The molecule has 0 aliphatic heterocycles. The molecule has 2 aromatic rings. The van der Waals surface area contributed by atoms with Gasteiger partial charge >= 0.3 is 0 Å². The summed E-state index contributed by atoms with van der Waals surface area (Å²) in [6, 6.07) is 8.21. The number of ether oxygens (including phenoxy) is 2. The molecule has 0 atom stereocenters. The average Bonchev–Trinajstić information content (AvgIpc) is 2.53. The van der Waals surface area contributed by atoms with Gasteiger partial charge < -0.3 is 14.6 Å². The second-order valence-corrected chi connectivity index (χ2v) is 4.22. The second-order valence-electron chi connectivity index (χ2n) is 4.22. The maximum absolute atomic E-state index is 11.8. The van der Waals surface area contributed by atoms with E-state index in [4.69, 9.17) is 9.47 Å². The molecule has 0 saturated heterocycles. The lowest BCUT2D eigenvalue weighted by Crippen LogP contribution is -2.13. The van der Waals surface area contributed by atoms with Crippen molar-refractivity contribution in [3.8, 4) is 40.6 Å². The van der Waals surface area contributed by atoms with Crippen molar-refractivity contribution in [2.75, 3.05) is 14.2 Å². The number of aromatic amines is 1. The lowest BCUT2D eigenvalue weighted by atomic mass is 9.96. The Morgan fingerprint density at radius 3 is 2.27 bits per heavy atom.